The zero-order valence-corrected chi connectivity index (χ0v) is 18.0. The number of amides is 1. The summed E-state index contributed by atoms with van der Waals surface area (Å²) in [5.41, 5.74) is 0.390. The summed E-state index contributed by atoms with van der Waals surface area (Å²) in [7, 11) is -3.66. The first-order valence-corrected chi connectivity index (χ1v) is 11.7. The largest absolute Gasteiger partial charge is 0.373 e. The Bertz CT molecular complexity index is 800. The van der Waals surface area contributed by atoms with Gasteiger partial charge in [-0.2, -0.15) is 4.31 Å². The van der Waals surface area contributed by atoms with E-state index >= 15 is 0 Å². The fourth-order valence-electron chi connectivity index (χ4n) is 4.31. The molecule has 1 saturated carbocycles. The molecule has 1 aliphatic carbocycles. The first-order valence-electron chi connectivity index (χ1n) is 10.2. The van der Waals surface area contributed by atoms with Crippen LogP contribution in [0.15, 0.2) is 29.2 Å². The molecular weight excluding hydrogens is 376 g/mol. The van der Waals surface area contributed by atoms with Crippen LogP contribution in [0.5, 0.6) is 0 Å². The van der Waals surface area contributed by atoms with E-state index in [4.69, 9.17) is 4.74 Å². The lowest BCUT2D eigenvalue weighted by molar-refractivity contribution is -0.0440. The molecule has 1 saturated heterocycles. The first-order chi connectivity index (χ1) is 13.2. The number of rotatable bonds is 4. The number of hydrogen-bond acceptors (Lipinski definition) is 4. The molecule has 1 heterocycles. The summed E-state index contributed by atoms with van der Waals surface area (Å²) in [5, 5.41) is 3.12. The highest BCUT2D eigenvalue weighted by Gasteiger charge is 2.33. The van der Waals surface area contributed by atoms with Crippen molar-refractivity contribution in [3.8, 4) is 0 Å². The number of carbonyl (C=O) groups excluding carboxylic acids is 1. The smallest absolute Gasteiger partial charge is 0.251 e. The lowest BCUT2D eigenvalue weighted by Crippen LogP contribution is -2.48. The monoisotopic (exact) mass is 408 g/mol. The minimum Gasteiger partial charge on any atom is -0.373 e. The van der Waals surface area contributed by atoms with Crippen molar-refractivity contribution in [1.29, 1.82) is 0 Å². The van der Waals surface area contributed by atoms with Crippen LogP contribution in [0.25, 0.3) is 0 Å². The second kappa shape index (κ2) is 8.51. The Kier molecular flexibility index (Phi) is 6.47. The zero-order valence-electron chi connectivity index (χ0n) is 17.2. The molecule has 3 rings (SSSR count). The molecule has 2 fully saturated rings. The summed E-state index contributed by atoms with van der Waals surface area (Å²) in [5.74, 6) is 0.795. The number of carbonyl (C=O) groups is 1. The van der Waals surface area contributed by atoms with Crippen LogP contribution >= 0.6 is 0 Å². The van der Waals surface area contributed by atoms with Gasteiger partial charge in [-0.25, -0.2) is 8.42 Å². The number of ether oxygens (including phenoxy) is 1. The van der Waals surface area contributed by atoms with Gasteiger partial charge in [-0.3, -0.25) is 4.79 Å². The predicted molar refractivity (Wildman–Crippen MR) is 109 cm³/mol. The average Bonchev–Trinajstić information content (AvgIpc) is 2.64. The Morgan fingerprint density at radius 2 is 1.79 bits per heavy atom. The van der Waals surface area contributed by atoms with Crippen molar-refractivity contribution >= 4 is 15.9 Å². The highest BCUT2D eigenvalue weighted by Crippen LogP contribution is 2.30. The second-order valence-electron chi connectivity index (χ2n) is 8.45. The maximum Gasteiger partial charge on any atom is 0.251 e. The molecule has 1 amide bonds. The minimum absolute atomic E-state index is 0.137. The number of morpholine rings is 1. The Balaban J connectivity index is 1.77. The molecule has 1 aliphatic heterocycles. The molecule has 0 unspecified atom stereocenters. The van der Waals surface area contributed by atoms with E-state index in [9.17, 15) is 13.2 Å². The van der Waals surface area contributed by atoms with Crippen LogP contribution in [-0.2, 0) is 14.8 Å². The summed E-state index contributed by atoms with van der Waals surface area (Å²) in [6, 6.07) is 6.50. The van der Waals surface area contributed by atoms with Crippen LogP contribution < -0.4 is 5.32 Å². The third kappa shape index (κ3) is 4.58. The number of sulfonamides is 1. The van der Waals surface area contributed by atoms with Crippen molar-refractivity contribution in [2.45, 2.75) is 70.1 Å². The second-order valence-corrected chi connectivity index (χ2v) is 10.4. The van der Waals surface area contributed by atoms with Crippen molar-refractivity contribution in [2.24, 2.45) is 11.8 Å². The number of nitrogens with one attached hydrogen (secondary N) is 1. The van der Waals surface area contributed by atoms with Gasteiger partial charge in [0.2, 0.25) is 10.0 Å². The molecule has 1 N–H and O–H groups in total. The third-order valence-electron chi connectivity index (χ3n) is 6.14. The predicted octanol–water partition coefficient (Wildman–Crippen LogP) is 3.04. The molecule has 7 heteroatoms. The molecule has 1 aromatic carbocycles. The summed E-state index contributed by atoms with van der Waals surface area (Å²) < 4.78 is 33.2. The molecule has 156 valence electrons. The van der Waals surface area contributed by atoms with Gasteiger partial charge >= 0.3 is 0 Å². The maximum atomic E-state index is 13.1. The number of hydrogen-bond donors (Lipinski definition) is 1. The van der Waals surface area contributed by atoms with Crippen LogP contribution in [0.1, 0.15) is 57.3 Å². The number of nitrogens with zero attached hydrogens (tertiary/aromatic N) is 1. The standard InChI is InChI=1S/C21H32N2O4S/c1-14-7-5-10-20(17(14)4)22-21(24)18-8-6-9-19(11-18)28(25,26)23-12-15(2)27-16(3)13-23/h6,8-9,11,14-17,20H,5,7,10,12-13H2,1-4H3,(H,22,24)/t14-,15-,16+,17-,20+/m0/s1. The third-order valence-corrected chi connectivity index (χ3v) is 7.97. The highest BCUT2D eigenvalue weighted by atomic mass is 32.2. The van der Waals surface area contributed by atoms with E-state index in [1.807, 2.05) is 13.8 Å². The van der Waals surface area contributed by atoms with Crippen LogP contribution in [-0.4, -0.2) is 50.0 Å². The van der Waals surface area contributed by atoms with Crippen LogP contribution in [0.2, 0.25) is 0 Å². The molecule has 1 aromatic rings. The lowest BCUT2D eigenvalue weighted by Gasteiger charge is -2.35. The van der Waals surface area contributed by atoms with Gasteiger partial charge in [-0.1, -0.05) is 32.8 Å². The van der Waals surface area contributed by atoms with Crippen molar-refractivity contribution in [3.63, 3.8) is 0 Å². The van der Waals surface area contributed by atoms with E-state index in [1.165, 1.54) is 16.8 Å². The van der Waals surface area contributed by atoms with Crippen molar-refractivity contribution in [2.75, 3.05) is 13.1 Å². The van der Waals surface area contributed by atoms with Crippen molar-refractivity contribution in [1.82, 2.24) is 9.62 Å². The van der Waals surface area contributed by atoms with Gasteiger partial charge in [0.05, 0.1) is 17.1 Å². The SMILES string of the molecule is C[C@H]1[C@@H](C)CCC[C@H]1NC(=O)c1cccc(S(=O)(=O)N2C[C@@H](C)O[C@@H](C)C2)c1. The Morgan fingerprint density at radius 3 is 2.46 bits per heavy atom. The van der Waals surface area contributed by atoms with E-state index in [0.717, 1.165) is 12.8 Å². The summed E-state index contributed by atoms with van der Waals surface area (Å²) in [6.07, 6.45) is 2.97. The van der Waals surface area contributed by atoms with E-state index in [-0.39, 0.29) is 29.1 Å². The van der Waals surface area contributed by atoms with Crippen molar-refractivity contribution in [3.05, 3.63) is 29.8 Å². The molecule has 0 radical (unpaired) electrons. The zero-order chi connectivity index (χ0) is 20.5. The fraction of sp³-hybridized carbons (Fsp3) is 0.667. The molecule has 6 nitrogen and oxygen atoms in total. The van der Waals surface area contributed by atoms with E-state index in [1.54, 1.807) is 18.2 Å². The summed E-state index contributed by atoms with van der Waals surface area (Å²) in [4.78, 5) is 12.9. The van der Waals surface area contributed by atoms with E-state index in [0.29, 0.717) is 30.5 Å². The van der Waals surface area contributed by atoms with Gasteiger partial charge < -0.3 is 10.1 Å². The highest BCUT2D eigenvalue weighted by molar-refractivity contribution is 7.89. The van der Waals surface area contributed by atoms with Gasteiger partial charge in [0.25, 0.3) is 5.91 Å². The van der Waals surface area contributed by atoms with Crippen LogP contribution in [0.3, 0.4) is 0 Å². The van der Waals surface area contributed by atoms with Gasteiger partial charge in [0.1, 0.15) is 0 Å². The van der Waals surface area contributed by atoms with Crippen LogP contribution in [0, 0.1) is 11.8 Å². The van der Waals surface area contributed by atoms with E-state index < -0.39 is 10.0 Å². The molecule has 0 aromatic heterocycles. The van der Waals surface area contributed by atoms with Gasteiger partial charge in [0.15, 0.2) is 0 Å². The molecule has 0 spiro atoms. The summed E-state index contributed by atoms with van der Waals surface area (Å²) >= 11 is 0. The average molecular weight is 409 g/mol. The Morgan fingerprint density at radius 1 is 1.11 bits per heavy atom. The molecular formula is C21H32N2O4S. The Hall–Kier alpha value is -1.44. The molecule has 5 atom stereocenters. The summed E-state index contributed by atoms with van der Waals surface area (Å²) in [6.45, 7) is 8.78. The molecule has 28 heavy (non-hydrogen) atoms. The minimum atomic E-state index is -3.66. The van der Waals surface area contributed by atoms with Gasteiger partial charge in [-0.05, 0) is 50.3 Å². The normalized spacial score (nSPS) is 32.1. The Labute approximate surface area is 168 Å². The van der Waals surface area contributed by atoms with Crippen LogP contribution in [0.4, 0.5) is 0 Å². The van der Waals surface area contributed by atoms with Crippen molar-refractivity contribution < 1.29 is 17.9 Å². The van der Waals surface area contributed by atoms with E-state index in [2.05, 4.69) is 19.2 Å². The molecule has 0 bridgehead atoms. The maximum absolute atomic E-state index is 13.1. The number of benzene rings is 1. The molecule has 2 aliphatic rings. The lowest BCUT2D eigenvalue weighted by atomic mass is 9.78. The van der Waals surface area contributed by atoms with Gasteiger partial charge in [-0.15, -0.1) is 0 Å². The first kappa shape index (κ1) is 21.3. The van der Waals surface area contributed by atoms with Gasteiger partial charge in [0, 0.05) is 24.7 Å². The quantitative estimate of drug-likeness (QED) is 0.831. The fourth-order valence-corrected chi connectivity index (χ4v) is 5.95. The topological polar surface area (TPSA) is 75.7 Å².